The lowest BCUT2D eigenvalue weighted by Crippen LogP contribution is -2.50. The molecular weight excluding hydrogens is 294 g/mol. The summed E-state index contributed by atoms with van der Waals surface area (Å²) in [5.41, 5.74) is 5.90. The Bertz CT molecular complexity index is 401. The summed E-state index contributed by atoms with van der Waals surface area (Å²) in [6, 6.07) is 7.48. The van der Waals surface area contributed by atoms with Gasteiger partial charge in [-0.15, -0.1) is 0 Å². The second-order valence-corrected chi connectivity index (χ2v) is 5.68. The van der Waals surface area contributed by atoms with E-state index >= 15 is 0 Å². The summed E-state index contributed by atoms with van der Waals surface area (Å²) in [6.07, 6.45) is 0. The van der Waals surface area contributed by atoms with Crippen LogP contribution in [-0.2, 0) is 10.3 Å². The van der Waals surface area contributed by atoms with E-state index in [4.69, 9.17) is 5.73 Å². The fourth-order valence-electron chi connectivity index (χ4n) is 1.50. The molecule has 1 rings (SSSR count). The first-order valence-corrected chi connectivity index (χ1v) is 6.61. The molecule has 1 amide bonds. The van der Waals surface area contributed by atoms with Crippen molar-refractivity contribution < 1.29 is 4.79 Å². The lowest BCUT2D eigenvalue weighted by atomic mass is 9.92. The van der Waals surface area contributed by atoms with Crippen LogP contribution in [0.4, 0.5) is 0 Å². The number of hydrogen-bond donors (Lipinski definition) is 2. The maximum atomic E-state index is 12.1. The van der Waals surface area contributed by atoms with E-state index in [1.165, 1.54) is 0 Å². The maximum absolute atomic E-state index is 12.1. The molecule has 0 aliphatic heterocycles. The third-order valence-electron chi connectivity index (χ3n) is 2.76. The van der Waals surface area contributed by atoms with Crippen LogP contribution < -0.4 is 11.1 Å². The van der Waals surface area contributed by atoms with Gasteiger partial charge in [0.1, 0.15) is 5.54 Å². The van der Waals surface area contributed by atoms with Gasteiger partial charge in [-0.2, -0.15) is 0 Å². The Kier molecular flexibility index (Phi) is 5.31. The average Bonchev–Trinajstić information content (AvgIpc) is 2.28. The van der Waals surface area contributed by atoms with Crippen molar-refractivity contribution in [3.63, 3.8) is 0 Å². The zero-order valence-corrected chi connectivity index (χ0v) is 12.6. The molecule has 0 heterocycles. The van der Waals surface area contributed by atoms with Crippen molar-refractivity contribution in [1.29, 1.82) is 0 Å². The predicted octanol–water partition coefficient (Wildman–Crippen LogP) is 1.30. The Balaban J connectivity index is 2.67. The quantitative estimate of drug-likeness (QED) is 0.861. The molecule has 5 heteroatoms. The summed E-state index contributed by atoms with van der Waals surface area (Å²) in [7, 11) is 3.92. The fraction of sp³-hybridized carbons (Fsp3) is 0.462. The number of carbonyl (C=O) groups excluding carboxylic acids is 1. The van der Waals surface area contributed by atoms with Crippen molar-refractivity contribution in [3.8, 4) is 0 Å². The highest BCUT2D eigenvalue weighted by atomic mass is 79.9. The van der Waals surface area contributed by atoms with E-state index in [9.17, 15) is 4.79 Å². The van der Waals surface area contributed by atoms with Crippen LogP contribution in [0.1, 0.15) is 12.5 Å². The molecule has 1 aromatic rings. The summed E-state index contributed by atoms with van der Waals surface area (Å²) in [5, 5.41) is 2.85. The van der Waals surface area contributed by atoms with Gasteiger partial charge < -0.3 is 16.0 Å². The molecule has 3 N–H and O–H groups in total. The van der Waals surface area contributed by atoms with Crippen molar-refractivity contribution in [2.75, 3.05) is 27.2 Å². The molecule has 0 bridgehead atoms. The highest BCUT2D eigenvalue weighted by molar-refractivity contribution is 9.10. The highest BCUT2D eigenvalue weighted by Gasteiger charge is 2.29. The molecule has 0 radical (unpaired) electrons. The van der Waals surface area contributed by atoms with Crippen LogP contribution in [0.3, 0.4) is 0 Å². The van der Waals surface area contributed by atoms with E-state index in [0.717, 1.165) is 16.6 Å². The van der Waals surface area contributed by atoms with Crippen molar-refractivity contribution in [2.45, 2.75) is 12.5 Å². The van der Waals surface area contributed by atoms with Crippen molar-refractivity contribution in [2.24, 2.45) is 5.73 Å². The predicted molar refractivity (Wildman–Crippen MR) is 77.2 cm³/mol. The lowest BCUT2D eigenvalue weighted by molar-refractivity contribution is -0.126. The molecule has 0 fully saturated rings. The molecule has 0 aromatic heterocycles. The summed E-state index contributed by atoms with van der Waals surface area (Å²) >= 11 is 3.36. The van der Waals surface area contributed by atoms with E-state index in [0.29, 0.717) is 6.54 Å². The second-order valence-electron chi connectivity index (χ2n) is 4.77. The number of halogens is 1. The minimum absolute atomic E-state index is 0.160. The number of hydrogen-bond acceptors (Lipinski definition) is 3. The number of rotatable bonds is 5. The van der Waals surface area contributed by atoms with Crippen LogP contribution in [0.5, 0.6) is 0 Å². The Morgan fingerprint density at radius 3 is 2.44 bits per heavy atom. The Hall–Kier alpha value is -0.910. The van der Waals surface area contributed by atoms with Crippen LogP contribution in [0.15, 0.2) is 28.7 Å². The normalized spacial score (nSPS) is 14.3. The molecule has 1 atom stereocenters. The number of carbonyl (C=O) groups is 1. The number of nitrogens with two attached hydrogens (primary N) is 1. The van der Waals surface area contributed by atoms with Gasteiger partial charge >= 0.3 is 0 Å². The number of nitrogens with one attached hydrogen (secondary N) is 1. The molecule has 1 unspecified atom stereocenters. The molecule has 0 spiro atoms. The van der Waals surface area contributed by atoms with Crippen LogP contribution in [0.2, 0.25) is 0 Å². The summed E-state index contributed by atoms with van der Waals surface area (Å²) in [5.74, 6) is -0.160. The van der Waals surface area contributed by atoms with E-state index in [1.807, 2.05) is 43.3 Å². The standard InChI is InChI=1S/C13H20BrN3O/c1-13(15,10-4-6-11(14)7-5-10)12(18)16-8-9-17(2)3/h4-7H,8-9,15H2,1-3H3,(H,16,18). The Labute approximate surface area is 117 Å². The lowest BCUT2D eigenvalue weighted by Gasteiger charge is -2.24. The van der Waals surface area contributed by atoms with Crippen LogP contribution in [-0.4, -0.2) is 38.0 Å². The summed E-state index contributed by atoms with van der Waals surface area (Å²) in [6.45, 7) is 3.11. The molecule has 0 aliphatic rings. The number of amides is 1. The number of likely N-dealkylation sites (N-methyl/N-ethyl adjacent to an activating group) is 1. The van der Waals surface area contributed by atoms with Gasteiger partial charge in [-0.1, -0.05) is 28.1 Å². The first kappa shape index (κ1) is 15.1. The van der Waals surface area contributed by atoms with Gasteiger partial charge in [-0.25, -0.2) is 0 Å². The third-order valence-corrected chi connectivity index (χ3v) is 3.29. The molecular formula is C13H20BrN3O. The SMILES string of the molecule is CN(C)CCNC(=O)C(C)(N)c1ccc(Br)cc1. The Morgan fingerprint density at radius 1 is 1.39 bits per heavy atom. The first-order chi connectivity index (χ1) is 8.34. The second kappa shape index (κ2) is 6.31. The van der Waals surface area contributed by atoms with E-state index in [2.05, 4.69) is 21.2 Å². The average molecular weight is 314 g/mol. The zero-order chi connectivity index (χ0) is 13.8. The molecule has 0 saturated carbocycles. The largest absolute Gasteiger partial charge is 0.353 e. The van der Waals surface area contributed by atoms with Gasteiger partial charge in [0.2, 0.25) is 5.91 Å². The topological polar surface area (TPSA) is 58.4 Å². The van der Waals surface area contributed by atoms with Crippen LogP contribution >= 0.6 is 15.9 Å². The molecule has 0 aliphatic carbocycles. The van der Waals surface area contributed by atoms with Gasteiger partial charge in [0.05, 0.1) is 0 Å². The van der Waals surface area contributed by atoms with Crippen LogP contribution in [0, 0.1) is 0 Å². The molecule has 100 valence electrons. The number of benzene rings is 1. The zero-order valence-electron chi connectivity index (χ0n) is 11.0. The minimum Gasteiger partial charge on any atom is -0.353 e. The van der Waals surface area contributed by atoms with Crippen molar-refractivity contribution >= 4 is 21.8 Å². The highest BCUT2D eigenvalue weighted by Crippen LogP contribution is 2.20. The Morgan fingerprint density at radius 2 is 1.94 bits per heavy atom. The smallest absolute Gasteiger partial charge is 0.244 e. The minimum atomic E-state index is -1.01. The van der Waals surface area contributed by atoms with Gasteiger partial charge in [0, 0.05) is 17.6 Å². The van der Waals surface area contributed by atoms with Gasteiger partial charge in [0.25, 0.3) is 0 Å². The van der Waals surface area contributed by atoms with Gasteiger partial charge in [-0.3, -0.25) is 4.79 Å². The van der Waals surface area contributed by atoms with Crippen molar-refractivity contribution in [1.82, 2.24) is 10.2 Å². The van der Waals surface area contributed by atoms with E-state index < -0.39 is 5.54 Å². The van der Waals surface area contributed by atoms with E-state index in [1.54, 1.807) is 6.92 Å². The molecule has 1 aromatic carbocycles. The van der Waals surface area contributed by atoms with E-state index in [-0.39, 0.29) is 5.91 Å². The molecule has 4 nitrogen and oxygen atoms in total. The maximum Gasteiger partial charge on any atom is 0.244 e. The van der Waals surface area contributed by atoms with Gasteiger partial charge in [0.15, 0.2) is 0 Å². The summed E-state index contributed by atoms with van der Waals surface area (Å²) < 4.78 is 0.968. The van der Waals surface area contributed by atoms with Gasteiger partial charge in [-0.05, 0) is 38.7 Å². The van der Waals surface area contributed by atoms with Crippen LogP contribution in [0.25, 0.3) is 0 Å². The fourth-order valence-corrected chi connectivity index (χ4v) is 1.77. The first-order valence-electron chi connectivity index (χ1n) is 5.82. The number of nitrogens with zero attached hydrogens (tertiary/aromatic N) is 1. The van der Waals surface area contributed by atoms with Crippen molar-refractivity contribution in [3.05, 3.63) is 34.3 Å². The molecule has 18 heavy (non-hydrogen) atoms. The molecule has 0 saturated heterocycles. The summed E-state index contributed by atoms with van der Waals surface area (Å²) in [4.78, 5) is 14.1. The monoisotopic (exact) mass is 313 g/mol. The third kappa shape index (κ3) is 4.08.